The van der Waals surface area contributed by atoms with Gasteiger partial charge in [0.25, 0.3) is 0 Å². The molecule has 2 aromatic rings. The van der Waals surface area contributed by atoms with E-state index in [2.05, 4.69) is 31.4 Å². The molecule has 0 aromatic carbocycles. The fourth-order valence-electron chi connectivity index (χ4n) is 3.21. The summed E-state index contributed by atoms with van der Waals surface area (Å²) in [6.45, 7) is 4.15. The molecule has 1 amide bonds. The van der Waals surface area contributed by atoms with Gasteiger partial charge >= 0.3 is 0 Å². The number of carbonyl (C=O) groups excluding carboxylic acids is 1. The van der Waals surface area contributed by atoms with Gasteiger partial charge < -0.3 is 9.84 Å². The predicted octanol–water partition coefficient (Wildman–Crippen LogP) is 1.88. The number of carbonyl (C=O) groups is 1. The standard InChI is InChI=1S/C18H25N5O2/c1-14-21-17(25-22-14)8-5-10-20-18(24)16-7-2-3-11-23(16)13-15-6-4-9-19-12-15/h4,6,9,12,16H,2-3,5,7-8,10-11,13H2,1H3,(H,20,24). The zero-order valence-corrected chi connectivity index (χ0v) is 14.6. The number of nitrogens with one attached hydrogen (secondary N) is 1. The van der Waals surface area contributed by atoms with Crippen LogP contribution in [-0.2, 0) is 17.8 Å². The SMILES string of the molecule is Cc1noc(CCCNC(=O)C2CCCCN2Cc2cccnc2)n1. The number of rotatable bonds is 7. The Bertz CT molecular complexity index is 673. The summed E-state index contributed by atoms with van der Waals surface area (Å²) < 4.78 is 5.08. The normalized spacial score (nSPS) is 18.2. The summed E-state index contributed by atoms with van der Waals surface area (Å²) in [5, 5.41) is 6.83. The van der Waals surface area contributed by atoms with Crippen LogP contribution in [0.1, 0.15) is 43.0 Å². The molecular formula is C18H25N5O2. The van der Waals surface area contributed by atoms with Crippen molar-refractivity contribution in [1.82, 2.24) is 25.3 Å². The van der Waals surface area contributed by atoms with E-state index in [9.17, 15) is 4.79 Å². The summed E-state index contributed by atoms with van der Waals surface area (Å²) >= 11 is 0. The van der Waals surface area contributed by atoms with Crippen molar-refractivity contribution >= 4 is 5.91 Å². The molecule has 0 saturated carbocycles. The highest BCUT2D eigenvalue weighted by atomic mass is 16.5. The Kier molecular flexibility index (Phi) is 6.11. The molecule has 1 aliphatic rings. The number of nitrogens with zero attached hydrogens (tertiary/aromatic N) is 4. The van der Waals surface area contributed by atoms with E-state index in [0.717, 1.165) is 44.3 Å². The monoisotopic (exact) mass is 343 g/mol. The minimum atomic E-state index is -0.0559. The lowest BCUT2D eigenvalue weighted by atomic mass is 10.0. The van der Waals surface area contributed by atoms with Crippen LogP contribution in [0.5, 0.6) is 0 Å². The summed E-state index contributed by atoms with van der Waals surface area (Å²) in [4.78, 5) is 23.2. The van der Waals surface area contributed by atoms with Gasteiger partial charge in [-0.1, -0.05) is 17.6 Å². The van der Waals surface area contributed by atoms with E-state index < -0.39 is 0 Å². The maximum absolute atomic E-state index is 12.6. The number of hydrogen-bond donors (Lipinski definition) is 1. The molecule has 0 radical (unpaired) electrons. The summed E-state index contributed by atoms with van der Waals surface area (Å²) in [5.41, 5.74) is 1.15. The van der Waals surface area contributed by atoms with Crippen LogP contribution in [-0.4, -0.2) is 45.1 Å². The van der Waals surface area contributed by atoms with Gasteiger partial charge in [-0.05, 0) is 44.4 Å². The van der Waals surface area contributed by atoms with Crippen LogP contribution in [0.3, 0.4) is 0 Å². The maximum Gasteiger partial charge on any atom is 0.237 e. The van der Waals surface area contributed by atoms with Crippen molar-refractivity contribution in [3.63, 3.8) is 0 Å². The predicted molar refractivity (Wildman–Crippen MR) is 92.7 cm³/mol. The summed E-state index contributed by atoms with van der Waals surface area (Å²) in [7, 11) is 0. The lowest BCUT2D eigenvalue weighted by Crippen LogP contribution is -2.49. The highest BCUT2D eigenvalue weighted by Gasteiger charge is 2.28. The van der Waals surface area contributed by atoms with Crippen molar-refractivity contribution in [2.45, 2.75) is 51.6 Å². The van der Waals surface area contributed by atoms with Crippen molar-refractivity contribution in [2.75, 3.05) is 13.1 Å². The fraction of sp³-hybridized carbons (Fsp3) is 0.556. The largest absolute Gasteiger partial charge is 0.355 e. The molecule has 0 spiro atoms. The van der Waals surface area contributed by atoms with Crippen LogP contribution in [0, 0.1) is 6.92 Å². The van der Waals surface area contributed by atoms with Crippen LogP contribution < -0.4 is 5.32 Å². The van der Waals surface area contributed by atoms with Crippen molar-refractivity contribution in [1.29, 1.82) is 0 Å². The first-order valence-electron chi connectivity index (χ1n) is 8.92. The van der Waals surface area contributed by atoms with Gasteiger partial charge in [0, 0.05) is 31.9 Å². The molecule has 1 N–H and O–H groups in total. The van der Waals surface area contributed by atoms with Crippen molar-refractivity contribution < 1.29 is 9.32 Å². The van der Waals surface area contributed by atoms with Crippen LogP contribution in [0.4, 0.5) is 0 Å². The summed E-state index contributed by atoms with van der Waals surface area (Å²) in [6.07, 6.45) is 8.27. The van der Waals surface area contributed by atoms with Gasteiger partial charge in [-0.15, -0.1) is 0 Å². The third kappa shape index (κ3) is 5.09. The average Bonchev–Trinajstić information content (AvgIpc) is 3.05. The molecule has 7 heteroatoms. The number of aromatic nitrogens is 3. The molecule has 1 fully saturated rings. The molecule has 1 saturated heterocycles. The lowest BCUT2D eigenvalue weighted by molar-refractivity contribution is -0.127. The van der Waals surface area contributed by atoms with Crippen LogP contribution in [0.25, 0.3) is 0 Å². The van der Waals surface area contributed by atoms with Crippen LogP contribution in [0.2, 0.25) is 0 Å². The topological polar surface area (TPSA) is 84.2 Å². The van der Waals surface area contributed by atoms with Gasteiger partial charge in [0.2, 0.25) is 11.8 Å². The molecule has 1 atom stereocenters. The van der Waals surface area contributed by atoms with E-state index in [4.69, 9.17) is 4.52 Å². The third-order valence-electron chi connectivity index (χ3n) is 4.46. The quantitative estimate of drug-likeness (QED) is 0.773. The van der Waals surface area contributed by atoms with E-state index >= 15 is 0 Å². The van der Waals surface area contributed by atoms with Crippen LogP contribution >= 0.6 is 0 Å². The number of aryl methyl sites for hydroxylation is 2. The third-order valence-corrected chi connectivity index (χ3v) is 4.46. The minimum Gasteiger partial charge on any atom is -0.355 e. The number of likely N-dealkylation sites (tertiary alicyclic amines) is 1. The maximum atomic E-state index is 12.6. The van der Waals surface area contributed by atoms with Crippen molar-refractivity contribution in [2.24, 2.45) is 0 Å². The number of amides is 1. The van der Waals surface area contributed by atoms with E-state index in [1.165, 1.54) is 0 Å². The number of pyridine rings is 1. The zero-order valence-electron chi connectivity index (χ0n) is 14.6. The molecule has 7 nitrogen and oxygen atoms in total. The highest BCUT2D eigenvalue weighted by Crippen LogP contribution is 2.19. The van der Waals surface area contributed by atoms with Gasteiger partial charge in [0.15, 0.2) is 5.82 Å². The molecule has 0 aliphatic carbocycles. The zero-order chi connectivity index (χ0) is 17.5. The molecule has 0 bridgehead atoms. The second kappa shape index (κ2) is 8.71. The van der Waals surface area contributed by atoms with E-state index in [1.54, 1.807) is 13.1 Å². The molecule has 134 valence electrons. The molecule has 2 aromatic heterocycles. The lowest BCUT2D eigenvalue weighted by Gasteiger charge is -2.34. The summed E-state index contributed by atoms with van der Waals surface area (Å²) in [5.74, 6) is 1.39. The minimum absolute atomic E-state index is 0.0559. The van der Waals surface area contributed by atoms with Crippen molar-refractivity contribution in [3.8, 4) is 0 Å². The Labute approximate surface area is 147 Å². The Balaban J connectivity index is 1.47. The molecule has 3 heterocycles. The van der Waals surface area contributed by atoms with Gasteiger partial charge in [0.1, 0.15) is 0 Å². The van der Waals surface area contributed by atoms with Gasteiger partial charge in [-0.25, -0.2) is 0 Å². The molecule has 1 aliphatic heterocycles. The van der Waals surface area contributed by atoms with E-state index in [1.807, 2.05) is 12.3 Å². The second-order valence-electron chi connectivity index (χ2n) is 6.47. The average molecular weight is 343 g/mol. The van der Waals surface area contributed by atoms with E-state index in [-0.39, 0.29) is 11.9 Å². The molecule has 3 rings (SSSR count). The van der Waals surface area contributed by atoms with Gasteiger partial charge in [0.05, 0.1) is 6.04 Å². The number of hydrogen-bond acceptors (Lipinski definition) is 6. The Morgan fingerprint density at radius 1 is 1.44 bits per heavy atom. The molecule has 25 heavy (non-hydrogen) atoms. The summed E-state index contributed by atoms with van der Waals surface area (Å²) in [6, 6.07) is 3.94. The second-order valence-corrected chi connectivity index (χ2v) is 6.47. The Morgan fingerprint density at radius 3 is 3.12 bits per heavy atom. The van der Waals surface area contributed by atoms with Crippen LogP contribution in [0.15, 0.2) is 29.0 Å². The highest BCUT2D eigenvalue weighted by molar-refractivity contribution is 5.81. The van der Waals surface area contributed by atoms with Gasteiger partial charge in [-0.2, -0.15) is 4.98 Å². The first kappa shape index (κ1) is 17.5. The van der Waals surface area contributed by atoms with Crippen molar-refractivity contribution in [3.05, 3.63) is 41.8 Å². The van der Waals surface area contributed by atoms with E-state index in [0.29, 0.717) is 24.7 Å². The smallest absolute Gasteiger partial charge is 0.237 e. The Morgan fingerprint density at radius 2 is 2.36 bits per heavy atom. The molecule has 1 unspecified atom stereocenters. The fourth-order valence-corrected chi connectivity index (χ4v) is 3.21. The first-order valence-corrected chi connectivity index (χ1v) is 8.92. The Hall–Kier alpha value is -2.28. The molecular weight excluding hydrogens is 318 g/mol. The van der Waals surface area contributed by atoms with Gasteiger partial charge in [-0.3, -0.25) is 14.7 Å². The first-order chi connectivity index (χ1) is 12.2. The number of piperidine rings is 1.